The Balaban J connectivity index is 2.21. The number of aromatic carboxylic acids is 1. The zero-order chi connectivity index (χ0) is 15.4. The van der Waals surface area contributed by atoms with Crippen LogP contribution in [0.25, 0.3) is 11.0 Å². The molecular weight excluding hydrogens is 274 g/mol. The lowest BCUT2D eigenvalue weighted by molar-refractivity contribution is 0.0406. The van der Waals surface area contributed by atoms with Gasteiger partial charge in [-0.25, -0.2) is 4.79 Å². The molecule has 0 saturated heterocycles. The Morgan fingerprint density at radius 2 is 2.14 bits per heavy atom. The zero-order valence-electron chi connectivity index (χ0n) is 12.1. The monoisotopic (exact) mass is 293 g/mol. The van der Waals surface area contributed by atoms with E-state index in [1.165, 1.54) is 7.11 Å². The molecule has 0 fully saturated rings. The lowest BCUT2D eigenvalue weighted by Crippen LogP contribution is -2.31. The number of carboxylic acid groups (broad SMARTS) is 1. The Bertz CT molecular complexity index is 622. The summed E-state index contributed by atoms with van der Waals surface area (Å²) in [6.45, 7) is 0.900. The van der Waals surface area contributed by atoms with Crippen LogP contribution in [0.2, 0.25) is 0 Å². The Hall–Kier alpha value is -1.89. The molecule has 2 rings (SSSR count). The van der Waals surface area contributed by atoms with Gasteiger partial charge in [-0.15, -0.1) is 0 Å². The number of carboxylic acids is 1. The van der Waals surface area contributed by atoms with Crippen LogP contribution in [-0.4, -0.2) is 54.5 Å². The number of benzene rings is 1. The summed E-state index contributed by atoms with van der Waals surface area (Å²) in [5.41, 5.74) is 0.731. The van der Waals surface area contributed by atoms with Crippen LogP contribution >= 0.6 is 0 Å². The van der Waals surface area contributed by atoms with Gasteiger partial charge in [0.15, 0.2) is 0 Å². The Labute approximate surface area is 122 Å². The number of ether oxygens (including phenoxy) is 1. The molecule has 1 aromatic carbocycles. The number of carbonyl (C=O) groups is 1. The fraction of sp³-hybridized carbons (Fsp3) is 0.400. The highest BCUT2D eigenvalue weighted by Gasteiger charge is 2.21. The number of hydrogen-bond donors (Lipinski definition) is 2. The van der Waals surface area contributed by atoms with Gasteiger partial charge in [0, 0.05) is 19.0 Å². The van der Waals surface area contributed by atoms with Crippen molar-refractivity contribution in [2.24, 2.45) is 0 Å². The molecule has 21 heavy (non-hydrogen) atoms. The molecule has 0 aliphatic rings. The number of para-hydroxylation sites is 1. The van der Waals surface area contributed by atoms with Crippen LogP contribution in [0, 0.1) is 0 Å². The van der Waals surface area contributed by atoms with Gasteiger partial charge < -0.3 is 19.4 Å². The number of rotatable bonds is 7. The Morgan fingerprint density at radius 3 is 2.81 bits per heavy atom. The first-order valence-corrected chi connectivity index (χ1v) is 6.62. The lowest BCUT2D eigenvalue weighted by atomic mass is 10.1. The zero-order valence-corrected chi connectivity index (χ0v) is 12.1. The summed E-state index contributed by atoms with van der Waals surface area (Å²) < 4.78 is 10.5. The maximum Gasteiger partial charge on any atom is 0.339 e. The topological polar surface area (TPSA) is 83.1 Å². The molecule has 0 saturated carbocycles. The van der Waals surface area contributed by atoms with Gasteiger partial charge in [-0.2, -0.15) is 0 Å². The standard InChI is InChI=1S/C15H19NO5/c1-16(7-10(17)9-20-2)8-13-14(15(18)19)11-5-3-4-6-12(11)21-13/h3-6,10,17H,7-9H2,1-2H3,(H,18,19). The molecule has 2 aromatic rings. The minimum Gasteiger partial charge on any atom is -0.478 e. The van der Waals surface area contributed by atoms with E-state index in [2.05, 4.69) is 0 Å². The number of aliphatic hydroxyl groups is 1. The molecule has 0 spiro atoms. The predicted molar refractivity (Wildman–Crippen MR) is 77.4 cm³/mol. The molecule has 0 amide bonds. The molecule has 0 aliphatic heterocycles. The molecule has 6 heteroatoms. The molecule has 2 N–H and O–H groups in total. The Kier molecular flexibility index (Phi) is 4.95. The second-order valence-corrected chi connectivity index (χ2v) is 5.01. The van der Waals surface area contributed by atoms with Crippen molar-refractivity contribution in [1.29, 1.82) is 0 Å². The summed E-state index contributed by atoms with van der Waals surface area (Å²) in [6, 6.07) is 7.05. The van der Waals surface area contributed by atoms with Gasteiger partial charge in [-0.3, -0.25) is 4.90 Å². The average molecular weight is 293 g/mol. The molecule has 6 nitrogen and oxygen atoms in total. The minimum atomic E-state index is -1.01. The smallest absolute Gasteiger partial charge is 0.339 e. The molecule has 0 bridgehead atoms. The summed E-state index contributed by atoms with van der Waals surface area (Å²) in [6.07, 6.45) is -0.627. The SMILES string of the molecule is COCC(O)CN(C)Cc1oc2ccccc2c1C(=O)O. The van der Waals surface area contributed by atoms with E-state index in [9.17, 15) is 15.0 Å². The van der Waals surface area contributed by atoms with Crippen molar-refractivity contribution < 1.29 is 24.2 Å². The summed E-state index contributed by atoms with van der Waals surface area (Å²) >= 11 is 0. The van der Waals surface area contributed by atoms with Crippen LogP contribution in [0.3, 0.4) is 0 Å². The molecule has 1 unspecified atom stereocenters. The molecule has 1 aromatic heterocycles. The summed E-state index contributed by atoms with van der Waals surface area (Å²) in [4.78, 5) is 13.3. The first-order chi connectivity index (χ1) is 10.0. The van der Waals surface area contributed by atoms with E-state index in [-0.39, 0.29) is 12.2 Å². The third-order valence-corrected chi connectivity index (χ3v) is 3.18. The third kappa shape index (κ3) is 3.60. The predicted octanol–water partition coefficient (Wildman–Crippen LogP) is 1.57. The van der Waals surface area contributed by atoms with Gasteiger partial charge in [0.1, 0.15) is 16.9 Å². The number of fused-ring (bicyclic) bond motifs is 1. The normalized spacial score (nSPS) is 13.0. The molecular formula is C15H19NO5. The highest BCUT2D eigenvalue weighted by atomic mass is 16.5. The van der Waals surface area contributed by atoms with Crippen LogP contribution in [0.4, 0.5) is 0 Å². The second kappa shape index (κ2) is 6.71. The second-order valence-electron chi connectivity index (χ2n) is 5.01. The van der Waals surface area contributed by atoms with E-state index in [1.54, 1.807) is 36.2 Å². The lowest BCUT2D eigenvalue weighted by Gasteiger charge is -2.19. The minimum absolute atomic E-state index is 0.179. The first kappa shape index (κ1) is 15.5. The van der Waals surface area contributed by atoms with Gasteiger partial charge >= 0.3 is 5.97 Å². The summed E-state index contributed by atoms with van der Waals surface area (Å²) in [7, 11) is 3.31. The van der Waals surface area contributed by atoms with Crippen molar-refractivity contribution in [2.45, 2.75) is 12.6 Å². The molecule has 1 atom stereocenters. The molecule has 114 valence electrons. The van der Waals surface area contributed by atoms with E-state index >= 15 is 0 Å². The van der Waals surface area contributed by atoms with Gasteiger partial charge in [-0.05, 0) is 13.1 Å². The third-order valence-electron chi connectivity index (χ3n) is 3.18. The van der Waals surface area contributed by atoms with E-state index in [1.807, 2.05) is 0 Å². The van der Waals surface area contributed by atoms with Gasteiger partial charge in [0.05, 0.1) is 19.3 Å². The van der Waals surface area contributed by atoms with Crippen molar-refractivity contribution in [3.05, 3.63) is 35.6 Å². The van der Waals surface area contributed by atoms with Gasteiger partial charge in [-0.1, -0.05) is 18.2 Å². The average Bonchev–Trinajstić information content (AvgIpc) is 2.76. The van der Waals surface area contributed by atoms with Gasteiger partial charge in [0.25, 0.3) is 0 Å². The van der Waals surface area contributed by atoms with Crippen molar-refractivity contribution >= 4 is 16.9 Å². The molecule has 0 aliphatic carbocycles. The van der Waals surface area contributed by atoms with Crippen LogP contribution < -0.4 is 0 Å². The van der Waals surface area contributed by atoms with Crippen LogP contribution in [0.5, 0.6) is 0 Å². The molecule has 1 heterocycles. The fourth-order valence-electron chi connectivity index (χ4n) is 2.36. The quantitative estimate of drug-likeness (QED) is 0.806. The number of nitrogens with zero attached hydrogens (tertiary/aromatic N) is 1. The number of likely N-dealkylation sites (N-methyl/N-ethyl adjacent to an activating group) is 1. The number of aliphatic hydroxyl groups excluding tert-OH is 1. The first-order valence-electron chi connectivity index (χ1n) is 6.62. The fourth-order valence-corrected chi connectivity index (χ4v) is 2.36. The van der Waals surface area contributed by atoms with Crippen LogP contribution in [0.1, 0.15) is 16.1 Å². The number of methoxy groups -OCH3 is 1. The largest absolute Gasteiger partial charge is 0.478 e. The Morgan fingerprint density at radius 1 is 1.43 bits per heavy atom. The number of hydrogen-bond acceptors (Lipinski definition) is 5. The van der Waals surface area contributed by atoms with Crippen molar-refractivity contribution in [3.8, 4) is 0 Å². The summed E-state index contributed by atoms with van der Waals surface area (Å²) in [5, 5.41) is 19.7. The number of furan rings is 1. The van der Waals surface area contributed by atoms with E-state index < -0.39 is 12.1 Å². The molecule has 0 radical (unpaired) electrons. The van der Waals surface area contributed by atoms with E-state index in [4.69, 9.17) is 9.15 Å². The van der Waals surface area contributed by atoms with Gasteiger partial charge in [0.2, 0.25) is 0 Å². The maximum atomic E-state index is 11.5. The van der Waals surface area contributed by atoms with E-state index in [0.717, 1.165) is 0 Å². The van der Waals surface area contributed by atoms with Crippen molar-refractivity contribution in [1.82, 2.24) is 4.90 Å². The van der Waals surface area contributed by atoms with Crippen molar-refractivity contribution in [2.75, 3.05) is 27.3 Å². The highest BCUT2D eigenvalue weighted by Crippen LogP contribution is 2.26. The van der Waals surface area contributed by atoms with Crippen LogP contribution in [-0.2, 0) is 11.3 Å². The van der Waals surface area contributed by atoms with E-state index in [0.29, 0.717) is 29.8 Å². The maximum absolute atomic E-state index is 11.5. The summed E-state index contributed by atoms with van der Waals surface area (Å²) in [5.74, 6) is -0.628. The van der Waals surface area contributed by atoms with Crippen LogP contribution in [0.15, 0.2) is 28.7 Å². The van der Waals surface area contributed by atoms with Crippen molar-refractivity contribution in [3.63, 3.8) is 0 Å². The highest BCUT2D eigenvalue weighted by molar-refractivity contribution is 6.03.